The molecule has 1 amide bonds. The summed E-state index contributed by atoms with van der Waals surface area (Å²) in [6, 6.07) is 5.65. The highest BCUT2D eigenvalue weighted by molar-refractivity contribution is 5.83. The molecule has 0 atom stereocenters. The number of rotatable bonds is 4. The molecule has 2 N–H and O–H groups in total. The molecule has 0 unspecified atom stereocenters. The van der Waals surface area contributed by atoms with E-state index >= 15 is 0 Å². The van der Waals surface area contributed by atoms with Gasteiger partial charge in [-0.1, -0.05) is 6.07 Å². The van der Waals surface area contributed by atoms with Crippen LogP contribution in [0.5, 0.6) is 0 Å². The molecule has 0 radical (unpaired) electrons. The second-order valence-electron chi connectivity index (χ2n) is 3.89. The smallest absolute Gasteiger partial charge is 0.251 e. The number of hydrogen-bond acceptors (Lipinski definition) is 3. The molecule has 0 spiro atoms. The molecule has 1 rings (SSSR count). The number of nitrogens with one attached hydrogen (secondary N) is 1. The highest BCUT2D eigenvalue weighted by Gasteiger charge is 2.22. The van der Waals surface area contributed by atoms with Crippen LogP contribution in [0.4, 0.5) is 0 Å². The standard InChI is InChI=1S/C11H16N2O2/c1-11(2,15)10(14)13-8-6-9-5-3-4-7-12-9/h3-5,7,15H,6,8H2,1-2H3,(H,13,14). The van der Waals surface area contributed by atoms with Gasteiger partial charge in [0.1, 0.15) is 5.60 Å². The first-order chi connectivity index (χ1) is 7.00. The van der Waals surface area contributed by atoms with Gasteiger partial charge in [-0.25, -0.2) is 0 Å². The summed E-state index contributed by atoms with van der Waals surface area (Å²) in [7, 11) is 0. The first kappa shape index (κ1) is 11.7. The number of amides is 1. The van der Waals surface area contributed by atoms with Gasteiger partial charge < -0.3 is 10.4 Å². The van der Waals surface area contributed by atoms with Crippen molar-refractivity contribution in [1.82, 2.24) is 10.3 Å². The summed E-state index contributed by atoms with van der Waals surface area (Å²) in [4.78, 5) is 15.4. The SMILES string of the molecule is CC(C)(O)C(=O)NCCc1ccccn1. The minimum Gasteiger partial charge on any atom is -0.381 e. The molecule has 0 saturated carbocycles. The van der Waals surface area contributed by atoms with Crippen LogP contribution in [-0.4, -0.2) is 28.1 Å². The van der Waals surface area contributed by atoms with E-state index in [9.17, 15) is 9.90 Å². The van der Waals surface area contributed by atoms with Crippen LogP contribution in [0.1, 0.15) is 19.5 Å². The van der Waals surface area contributed by atoms with Crippen LogP contribution in [0.2, 0.25) is 0 Å². The van der Waals surface area contributed by atoms with Crippen molar-refractivity contribution in [2.75, 3.05) is 6.54 Å². The molecule has 1 aromatic rings. The summed E-state index contributed by atoms with van der Waals surface area (Å²) in [5, 5.41) is 12.0. The van der Waals surface area contributed by atoms with Crippen molar-refractivity contribution in [2.45, 2.75) is 25.9 Å². The van der Waals surface area contributed by atoms with Crippen molar-refractivity contribution in [1.29, 1.82) is 0 Å². The molecule has 4 heteroatoms. The first-order valence-electron chi connectivity index (χ1n) is 4.91. The van der Waals surface area contributed by atoms with Gasteiger partial charge in [0.05, 0.1) is 0 Å². The van der Waals surface area contributed by atoms with Crippen LogP contribution >= 0.6 is 0 Å². The van der Waals surface area contributed by atoms with Gasteiger partial charge in [0.15, 0.2) is 0 Å². The molecule has 1 heterocycles. The van der Waals surface area contributed by atoms with E-state index < -0.39 is 5.60 Å². The Morgan fingerprint density at radius 2 is 2.27 bits per heavy atom. The van der Waals surface area contributed by atoms with Crippen LogP contribution in [-0.2, 0) is 11.2 Å². The molecule has 1 aromatic heterocycles. The zero-order valence-electron chi connectivity index (χ0n) is 9.03. The molecule has 0 fully saturated rings. The van der Waals surface area contributed by atoms with Crippen molar-refractivity contribution in [3.8, 4) is 0 Å². The Labute approximate surface area is 89.3 Å². The summed E-state index contributed by atoms with van der Waals surface area (Å²) in [6.45, 7) is 3.41. The molecule has 4 nitrogen and oxygen atoms in total. The maximum absolute atomic E-state index is 11.3. The van der Waals surface area contributed by atoms with Gasteiger partial charge in [-0.05, 0) is 26.0 Å². The second-order valence-corrected chi connectivity index (χ2v) is 3.89. The van der Waals surface area contributed by atoms with E-state index in [1.54, 1.807) is 6.20 Å². The molecule has 0 saturated heterocycles. The lowest BCUT2D eigenvalue weighted by Gasteiger charge is -2.16. The fourth-order valence-electron chi connectivity index (χ4n) is 1.07. The van der Waals surface area contributed by atoms with Gasteiger partial charge in [0.25, 0.3) is 5.91 Å². The number of aliphatic hydroxyl groups is 1. The summed E-state index contributed by atoms with van der Waals surface area (Å²) >= 11 is 0. The summed E-state index contributed by atoms with van der Waals surface area (Å²) < 4.78 is 0. The van der Waals surface area contributed by atoms with Crippen LogP contribution in [0.25, 0.3) is 0 Å². The Hall–Kier alpha value is -1.42. The number of aromatic nitrogens is 1. The fraction of sp³-hybridized carbons (Fsp3) is 0.455. The van der Waals surface area contributed by atoms with E-state index in [1.165, 1.54) is 13.8 Å². The molecule has 0 aliphatic carbocycles. The summed E-state index contributed by atoms with van der Waals surface area (Å²) in [5.74, 6) is -0.363. The minimum absolute atomic E-state index is 0.363. The lowest BCUT2D eigenvalue weighted by atomic mass is 10.1. The van der Waals surface area contributed by atoms with E-state index in [4.69, 9.17) is 0 Å². The van der Waals surface area contributed by atoms with Gasteiger partial charge in [0, 0.05) is 24.9 Å². The van der Waals surface area contributed by atoms with Crippen molar-refractivity contribution in [3.05, 3.63) is 30.1 Å². The average molecular weight is 208 g/mol. The predicted octanol–water partition coefficient (Wildman–Crippen LogP) is 0.511. The van der Waals surface area contributed by atoms with Crippen molar-refractivity contribution < 1.29 is 9.90 Å². The monoisotopic (exact) mass is 208 g/mol. The van der Waals surface area contributed by atoms with Crippen molar-refractivity contribution in [2.24, 2.45) is 0 Å². The van der Waals surface area contributed by atoms with Gasteiger partial charge >= 0.3 is 0 Å². The number of hydrogen-bond donors (Lipinski definition) is 2. The fourth-order valence-corrected chi connectivity index (χ4v) is 1.07. The van der Waals surface area contributed by atoms with E-state index in [1.807, 2.05) is 18.2 Å². The third-order valence-corrected chi connectivity index (χ3v) is 1.95. The Morgan fingerprint density at radius 1 is 1.53 bits per heavy atom. The highest BCUT2D eigenvalue weighted by Crippen LogP contribution is 2.00. The Balaban J connectivity index is 2.32. The first-order valence-corrected chi connectivity index (χ1v) is 4.91. The van der Waals surface area contributed by atoms with E-state index in [2.05, 4.69) is 10.3 Å². The van der Waals surface area contributed by atoms with E-state index in [0.717, 1.165) is 5.69 Å². The van der Waals surface area contributed by atoms with Crippen LogP contribution in [0, 0.1) is 0 Å². The van der Waals surface area contributed by atoms with Crippen LogP contribution in [0.3, 0.4) is 0 Å². The van der Waals surface area contributed by atoms with Gasteiger partial charge in [-0.2, -0.15) is 0 Å². The topological polar surface area (TPSA) is 62.2 Å². The number of carbonyl (C=O) groups excluding carboxylic acids is 1. The van der Waals surface area contributed by atoms with Gasteiger partial charge in [-0.3, -0.25) is 9.78 Å². The Bertz CT molecular complexity index is 317. The van der Waals surface area contributed by atoms with Crippen LogP contribution < -0.4 is 5.32 Å². The minimum atomic E-state index is -1.32. The largest absolute Gasteiger partial charge is 0.381 e. The molecule has 15 heavy (non-hydrogen) atoms. The summed E-state index contributed by atoms with van der Waals surface area (Å²) in [6.07, 6.45) is 2.38. The maximum atomic E-state index is 11.3. The lowest BCUT2D eigenvalue weighted by Crippen LogP contribution is -2.42. The zero-order chi connectivity index (χ0) is 11.3. The van der Waals surface area contributed by atoms with Gasteiger partial charge in [-0.15, -0.1) is 0 Å². The second kappa shape index (κ2) is 4.89. The molecule has 0 bridgehead atoms. The third-order valence-electron chi connectivity index (χ3n) is 1.95. The highest BCUT2D eigenvalue weighted by atomic mass is 16.3. The normalized spacial score (nSPS) is 11.1. The van der Waals surface area contributed by atoms with Crippen LogP contribution in [0.15, 0.2) is 24.4 Å². The van der Waals surface area contributed by atoms with E-state index in [0.29, 0.717) is 13.0 Å². The number of nitrogens with zero attached hydrogens (tertiary/aromatic N) is 1. The number of carbonyl (C=O) groups is 1. The third kappa shape index (κ3) is 4.08. The molecule has 0 aliphatic rings. The molecule has 0 aromatic carbocycles. The maximum Gasteiger partial charge on any atom is 0.251 e. The van der Waals surface area contributed by atoms with E-state index in [-0.39, 0.29) is 5.91 Å². The quantitative estimate of drug-likeness (QED) is 0.758. The van der Waals surface area contributed by atoms with Crippen molar-refractivity contribution in [3.63, 3.8) is 0 Å². The molecule has 0 aliphatic heterocycles. The Kier molecular flexibility index (Phi) is 3.80. The number of pyridine rings is 1. The summed E-state index contributed by atoms with van der Waals surface area (Å²) in [5.41, 5.74) is -0.391. The Morgan fingerprint density at radius 3 is 2.80 bits per heavy atom. The average Bonchev–Trinajstić information content (AvgIpc) is 2.18. The van der Waals surface area contributed by atoms with Gasteiger partial charge in [0.2, 0.25) is 0 Å². The molecular formula is C11H16N2O2. The molecule has 82 valence electrons. The molecular weight excluding hydrogens is 192 g/mol. The zero-order valence-corrected chi connectivity index (χ0v) is 9.03. The predicted molar refractivity (Wildman–Crippen MR) is 57.2 cm³/mol. The van der Waals surface area contributed by atoms with Crippen molar-refractivity contribution >= 4 is 5.91 Å². The lowest BCUT2D eigenvalue weighted by molar-refractivity contribution is -0.136.